The number of rotatable bonds is 4. The van der Waals surface area contributed by atoms with Crippen LogP contribution in [0.5, 0.6) is 0 Å². The quantitative estimate of drug-likeness (QED) is 0.484. The minimum atomic E-state index is -1.19. The lowest BCUT2D eigenvalue weighted by atomic mass is 9.95. The zero-order valence-corrected chi connectivity index (χ0v) is 12.5. The van der Waals surface area contributed by atoms with Crippen LogP contribution in [0.3, 0.4) is 0 Å². The van der Waals surface area contributed by atoms with E-state index in [2.05, 4.69) is 10.0 Å². The average molecular weight is 306 g/mol. The molecule has 1 aliphatic rings. The molecule has 1 aromatic rings. The van der Waals surface area contributed by atoms with Gasteiger partial charge in [0.25, 0.3) is 0 Å². The fourth-order valence-electron chi connectivity index (χ4n) is 2.39. The topological polar surface area (TPSA) is 78.3 Å². The molecule has 6 nitrogen and oxygen atoms in total. The van der Waals surface area contributed by atoms with E-state index in [0.717, 1.165) is 11.1 Å². The molecule has 0 aromatic heterocycles. The van der Waals surface area contributed by atoms with Crippen molar-refractivity contribution in [1.29, 1.82) is 0 Å². The number of hydrogen-bond acceptors (Lipinski definition) is 3. The van der Waals surface area contributed by atoms with Crippen molar-refractivity contribution in [3.63, 3.8) is 0 Å². The minimum Gasteiger partial charge on any atom is -0.445 e. The fraction of sp³-hybridized carbons (Fsp3) is 0.533. The molecule has 22 heavy (non-hydrogen) atoms. The third-order valence-electron chi connectivity index (χ3n) is 3.80. The van der Waals surface area contributed by atoms with Crippen molar-refractivity contribution < 1.29 is 13.9 Å². The highest BCUT2D eigenvalue weighted by molar-refractivity contribution is 5.67. The first-order chi connectivity index (χ1) is 10.6. The lowest BCUT2D eigenvalue weighted by molar-refractivity contribution is 0.0536. The molecule has 0 unspecified atom stereocenters. The second-order valence-corrected chi connectivity index (χ2v) is 5.46. The standard InChI is InChI=1S/C15H19FN4O2/c1-11-2-4-12(5-3-11)10-22-15(21)20-7-6-13(8-18-19-17)14(16)9-20/h2-5,13-14H,6-10H2,1H3/t13-,14-/m1/s1. The highest BCUT2D eigenvalue weighted by Crippen LogP contribution is 2.22. The van der Waals surface area contributed by atoms with E-state index < -0.39 is 12.3 Å². The number of aryl methyl sites for hydroxylation is 1. The Bertz CT molecular complexity index is 557. The lowest BCUT2D eigenvalue weighted by Crippen LogP contribution is -2.45. The summed E-state index contributed by atoms with van der Waals surface area (Å²) in [7, 11) is 0. The van der Waals surface area contributed by atoms with Gasteiger partial charge in [0, 0.05) is 18.0 Å². The van der Waals surface area contributed by atoms with Gasteiger partial charge in [0.15, 0.2) is 0 Å². The smallest absolute Gasteiger partial charge is 0.410 e. The molecule has 0 saturated carbocycles. The predicted octanol–water partition coefficient (Wildman–Crippen LogP) is 3.60. The van der Waals surface area contributed by atoms with E-state index >= 15 is 0 Å². The number of piperidine rings is 1. The van der Waals surface area contributed by atoms with Crippen molar-refractivity contribution in [3.05, 3.63) is 45.8 Å². The first kappa shape index (κ1) is 16.1. The zero-order valence-electron chi connectivity index (χ0n) is 12.5. The molecule has 0 spiro atoms. The van der Waals surface area contributed by atoms with Crippen molar-refractivity contribution >= 4 is 6.09 Å². The Labute approximate surface area is 128 Å². The summed E-state index contributed by atoms with van der Waals surface area (Å²) in [6.07, 6.45) is -1.23. The van der Waals surface area contributed by atoms with Crippen LogP contribution in [0.15, 0.2) is 29.4 Å². The molecule has 118 valence electrons. The summed E-state index contributed by atoms with van der Waals surface area (Å²) < 4.78 is 19.2. The minimum absolute atomic E-state index is 0.0155. The first-order valence-corrected chi connectivity index (χ1v) is 7.22. The predicted molar refractivity (Wildman–Crippen MR) is 80.0 cm³/mol. The number of carbonyl (C=O) groups excluding carboxylic acids is 1. The molecule has 0 aliphatic carbocycles. The molecule has 1 aliphatic heterocycles. The maximum atomic E-state index is 14.0. The van der Waals surface area contributed by atoms with Crippen LogP contribution in [0.25, 0.3) is 10.4 Å². The monoisotopic (exact) mass is 306 g/mol. The number of azide groups is 1. The summed E-state index contributed by atoms with van der Waals surface area (Å²) >= 11 is 0. The third kappa shape index (κ3) is 4.36. The van der Waals surface area contributed by atoms with E-state index in [1.165, 1.54) is 4.90 Å². The van der Waals surface area contributed by atoms with Crippen molar-refractivity contribution in [2.45, 2.75) is 26.1 Å². The number of nitrogens with zero attached hydrogens (tertiary/aromatic N) is 4. The van der Waals surface area contributed by atoms with Gasteiger partial charge >= 0.3 is 6.09 Å². The van der Waals surface area contributed by atoms with E-state index in [0.29, 0.717) is 13.0 Å². The molecule has 2 atom stereocenters. The zero-order chi connectivity index (χ0) is 15.9. The van der Waals surface area contributed by atoms with E-state index in [1.807, 2.05) is 31.2 Å². The molecular weight excluding hydrogens is 287 g/mol. The second kappa shape index (κ2) is 7.66. The molecule has 1 aromatic carbocycles. The maximum absolute atomic E-state index is 14.0. The number of carbonyl (C=O) groups is 1. The number of halogens is 1. The van der Waals surface area contributed by atoms with Crippen molar-refractivity contribution in [2.24, 2.45) is 11.0 Å². The summed E-state index contributed by atoms with van der Waals surface area (Å²) in [5, 5.41) is 3.40. The van der Waals surface area contributed by atoms with Crippen LogP contribution >= 0.6 is 0 Å². The van der Waals surface area contributed by atoms with Crippen molar-refractivity contribution in [2.75, 3.05) is 19.6 Å². The molecular formula is C15H19FN4O2. The Morgan fingerprint density at radius 1 is 1.50 bits per heavy atom. The molecule has 1 amide bonds. The van der Waals surface area contributed by atoms with Crippen LogP contribution in [-0.2, 0) is 11.3 Å². The van der Waals surface area contributed by atoms with Crippen LogP contribution in [0.1, 0.15) is 17.5 Å². The number of hydrogen-bond donors (Lipinski definition) is 0. The van der Waals surface area contributed by atoms with Crippen molar-refractivity contribution in [3.8, 4) is 0 Å². The van der Waals surface area contributed by atoms with Gasteiger partial charge in [0.05, 0.1) is 6.54 Å². The number of amides is 1. The maximum Gasteiger partial charge on any atom is 0.410 e. The summed E-state index contributed by atoms with van der Waals surface area (Å²) in [6, 6.07) is 7.68. The van der Waals surface area contributed by atoms with Crippen molar-refractivity contribution in [1.82, 2.24) is 4.90 Å². The van der Waals surface area contributed by atoms with E-state index in [4.69, 9.17) is 10.3 Å². The Morgan fingerprint density at radius 2 is 2.23 bits per heavy atom. The van der Waals surface area contributed by atoms with Crippen LogP contribution < -0.4 is 0 Å². The van der Waals surface area contributed by atoms with Gasteiger partial charge in [-0.3, -0.25) is 0 Å². The summed E-state index contributed by atoms with van der Waals surface area (Å²) in [6.45, 7) is 2.69. The highest BCUT2D eigenvalue weighted by Gasteiger charge is 2.31. The second-order valence-electron chi connectivity index (χ2n) is 5.46. The Kier molecular flexibility index (Phi) is 5.61. The third-order valence-corrected chi connectivity index (χ3v) is 3.80. The van der Waals surface area contributed by atoms with Gasteiger partial charge in [-0.2, -0.15) is 0 Å². The number of alkyl halides is 1. The molecule has 0 bridgehead atoms. The van der Waals surface area contributed by atoms with Crippen LogP contribution in [0.4, 0.5) is 9.18 Å². The SMILES string of the molecule is Cc1ccc(COC(=O)N2CC[C@H](CN=[N+]=[N-])[C@H](F)C2)cc1. The molecule has 0 radical (unpaired) electrons. The van der Waals surface area contributed by atoms with Gasteiger partial charge < -0.3 is 9.64 Å². The largest absolute Gasteiger partial charge is 0.445 e. The summed E-state index contributed by atoms with van der Waals surface area (Å²) in [5.41, 5.74) is 10.3. The van der Waals surface area contributed by atoms with E-state index in [-0.39, 0.29) is 25.6 Å². The van der Waals surface area contributed by atoms with Gasteiger partial charge in [-0.05, 0) is 30.4 Å². The van der Waals surface area contributed by atoms with Crippen LogP contribution in [0.2, 0.25) is 0 Å². The van der Waals surface area contributed by atoms with Gasteiger partial charge in [-0.25, -0.2) is 9.18 Å². The lowest BCUT2D eigenvalue weighted by Gasteiger charge is -2.33. The van der Waals surface area contributed by atoms with Gasteiger partial charge in [-0.1, -0.05) is 34.9 Å². The van der Waals surface area contributed by atoms with Gasteiger partial charge in [0.1, 0.15) is 12.8 Å². The molecule has 2 rings (SSSR count). The fourth-order valence-corrected chi connectivity index (χ4v) is 2.39. The molecule has 1 saturated heterocycles. The average Bonchev–Trinajstić information content (AvgIpc) is 2.53. The van der Waals surface area contributed by atoms with E-state index in [9.17, 15) is 9.18 Å². The highest BCUT2D eigenvalue weighted by atomic mass is 19.1. The van der Waals surface area contributed by atoms with Gasteiger partial charge in [-0.15, -0.1) is 0 Å². The van der Waals surface area contributed by atoms with Crippen LogP contribution in [-0.4, -0.2) is 36.8 Å². The van der Waals surface area contributed by atoms with Gasteiger partial charge in [0.2, 0.25) is 0 Å². The normalized spacial score (nSPS) is 21.1. The van der Waals surface area contributed by atoms with Crippen LogP contribution in [0, 0.1) is 12.8 Å². The molecule has 1 heterocycles. The Hall–Kier alpha value is -2.27. The number of benzene rings is 1. The first-order valence-electron chi connectivity index (χ1n) is 7.22. The molecule has 0 N–H and O–H groups in total. The number of likely N-dealkylation sites (tertiary alicyclic amines) is 1. The summed E-state index contributed by atoms with van der Waals surface area (Å²) in [4.78, 5) is 16.0. The Morgan fingerprint density at radius 3 is 2.86 bits per heavy atom. The van der Waals surface area contributed by atoms with E-state index in [1.54, 1.807) is 0 Å². The number of ether oxygens (including phenoxy) is 1. The Balaban J connectivity index is 1.81. The molecule has 7 heteroatoms. The molecule has 1 fully saturated rings. The summed E-state index contributed by atoms with van der Waals surface area (Å²) in [5.74, 6) is -0.322.